The molecule has 2 aromatic heterocycles. The zero-order valence-electron chi connectivity index (χ0n) is 17.2. The lowest BCUT2D eigenvalue weighted by Crippen LogP contribution is -2.48. The van der Waals surface area contributed by atoms with E-state index < -0.39 is 12.0 Å². The molecular weight excluding hydrogens is 416 g/mol. The molecule has 2 atom stereocenters. The van der Waals surface area contributed by atoms with Crippen molar-refractivity contribution in [3.63, 3.8) is 0 Å². The Morgan fingerprint density at radius 1 is 1.19 bits per heavy atom. The van der Waals surface area contributed by atoms with E-state index in [4.69, 9.17) is 4.74 Å². The normalized spacial score (nSPS) is 21.2. The third-order valence-corrected chi connectivity index (χ3v) is 5.91. The Kier molecular flexibility index (Phi) is 5.10. The number of carbonyl (C=O) groups excluding carboxylic acids is 2. The van der Waals surface area contributed by atoms with Gasteiger partial charge < -0.3 is 20.1 Å². The first kappa shape index (κ1) is 20.2. The summed E-state index contributed by atoms with van der Waals surface area (Å²) in [5.74, 6) is -0.886. The van der Waals surface area contributed by atoms with Crippen LogP contribution in [0.5, 0.6) is 0 Å². The van der Waals surface area contributed by atoms with Crippen LogP contribution in [0.15, 0.2) is 30.5 Å². The van der Waals surface area contributed by atoms with Crippen molar-refractivity contribution in [3.8, 4) is 0 Å². The van der Waals surface area contributed by atoms with Gasteiger partial charge >= 0.3 is 12.0 Å². The fourth-order valence-electron chi connectivity index (χ4n) is 4.32. The Balaban J connectivity index is 1.37. The predicted molar refractivity (Wildman–Crippen MR) is 114 cm³/mol. The van der Waals surface area contributed by atoms with Gasteiger partial charge in [0.1, 0.15) is 5.82 Å². The SMILES string of the molecule is O=C(NC1CCOC1)c1ccnc(NC(=O)N2c3nc(C(=O)O)ccc3N3CC[C@H]2C3)c1. The summed E-state index contributed by atoms with van der Waals surface area (Å²) >= 11 is 0. The number of anilines is 3. The summed E-state index contributed by atoms with van der Waals surface area (Å²) in [6, 6.07) is 5.58. The van der Waals surface area contributed by atoms with Gasteiger partial charge in [-0.3, -0.25) is 15.0 Å². The second-order valence-corrected chi connectivity index (χ2v) is 8.00. The maximum absolute atomic E-state index is 13.2. The molecule has 3 amide bonds. The zero-order chi connectivity index (χ0) is 22.2. The largest absolute Gasteiger partial charge is 0.477 e. The first-order valence-corrected chi connectivity index (χ1v) is 10.4. The molecule has 0 spiro atoms. The minimum absolute atomic E-state index is 0.0293. The van der Waals surface area contributed by atoms with Crippen molar-refractivity contribution in [2.24, 2.45) is 0 Å². The van der Waals surface area contributed by atoms with Crippen molar-refractivity contribution in [2.75, 3.05) is 41.4 Å². The summed E-state index contributed by atoms with van der Waals surface area (Å²) in [4.78, 5) is 49.1. The Morgan fingerprint density at radius 2 is 2.06 bits per heavy atom. The number of ether oxygens (including phenoxy) is 1. The van der Waals surface area contributed by atoms with Gasteiger partial charge in [0.15, 0.2) is 11.5 Å². The molecule has 0 radical (unpaired) electrons. The predicted octanol–water partition coefficient (Wildman–Crippen LogP) is 1.32. The molecule has 0 saturated carbocycles. The third kappa shape index (κ3) is 3.71. The van der Waals surface area contributed by atoms with Crippen molar-refractivity contribution in [3.05, 3.63) is 41.7 Å². The molecular formula is C21H22N6O5. The molecule has 2 bridgehead atoms. The van der Waals surface area contributed by atoms with Crippen LogP contribution in [0.25, 0.3) is 0 Å². The smallest absolute Gasteiger partial charge is 0.354 e. The topological polar surface area (TPSA) is 137 Å². The van der Waals surface area contributed by atoms with Crippen LogP contribution >= 0.6 is 0 Å². The summed E-state index contributed by atoms with van der Waals surface area (Å²) in [6.07, 6.45) is 2.96. The number of pyridine rings is 2. The fraction of sp³-hybridized carbons (Fsp3) is 0.381. The Bertz CT molecular complexity index is 1090. The van der Waals surface area contributed by atoms with Crippen LogP contribution in [-0.4, -0.2) is 71.4 Å². The first-order chi connectivity index (χ1) is 15.5. The average molecular weight is 438 g/mol. The number of fused-ring (bicyclic) bond motifs is 4. The molecule has 0 aromatic carbocycles. The number of rotatable bonds is 4. The molecule has 3 aliphatic rings. The molecule has 1 unspecified atom stereocenters. The molecule has 2 fully saturated rings. The van der Waals surface area contributed by atoms with E-state index in [0.717, 1.165) is 25.1 Å². The standard InChI is InChI=1S/C21H22N6O5/c28-19(23-13-5-8-32-11-13)12-3-6-22-17(9-12)25-21(31)27-14-4-7-26(10-14)16-2-1-15(20(29)30)24-18(16)27/h1-3,6,9,13-14H,4-5,7-8,10-11H2,(H,23,28)(H,29,30)(H,22,25,31)/t13?,14-/m0/s1. The average Bonchev–Trinajstić information content (AvgIpc) is 3.44. The Labute approximate surface area is 183 Å². The van der Waals surface area contributed by atoms with Crippen LogP contribution in [0.2, 0.25) is 0 Å². The summed E-state index contributed by atoms with van der Waals surface area (Å²) < 4.78 is 5.28. The van der Waals surface area contributed by atoms with E-state index in [1.807, 2.05) is 0 Å². The third-order valence-electron chi connectivity index (χ3n) is 5.91. The second-order valence-electron chi connectivity index (χ2n) is 8.00. The number of nitrogens with one attached hydrogen (secondary N) is 2. The van der Waals surface area contributed by atoms with Crippen LogP contribution in [-0.2, 0) is 4.74 Å². The summed E-state index contributed by atoms with van der Waals surface area (Å²) in [7, 11) is 0. The molecule has 5 heterocycles. The number of nitrogens with zero attached hydrogens (tertiary/aromatic N) is 4. The van der Waals surface area contributed by atoms with Crippen LogP contribution in [0.1, 0.15) is 33.7 Å². The fourth-order valence-corrected chi connectivity index (χ4v) is 4.32. The molecule has 3 N–H and O–H groups in total. The van der Waals surface area contributed by atoms with Gasteiger partial charge in [-0.2, -0.15) is 0 Å². The van der Waals surface area contributed by atoms with Crippen LogP contribution in [0.4, 0.5) is 22.1 Å². The van der Waals surface area contributed by atoms with Gasteiger partial charge in [-0.15, -0.1) is 0 Å². The second kappa shape index (κ2) is 8.08. The minimum Gasteiger partial charge on any atom is -0.477 e. The number of amides is 3. The maximum Gasteiger partial charge on any atom is 0.354 e. The van der Waals surface area contributed by atoms with E-state index in [1.54, 1.807) is 12.1 Å². The molecule has 2 saturated heterocycles. The Morgan fingerprint density at radius 3 is 2.84 bits per heavy atom. The van der Waals surface area contributed by atoms with Gasteiger partial charge in [0, 0.05) is 31.5 Å². The van der Waals surface area contributed by atoms with E-state index in [0.29, 0.717) is 31.1 Å². The molecule has 166 valence electrons. The van der Waals surface area contributed by atoms with E-state index >= 15 is 0 Å². The lowest BCUT2D eigenvalue weighted by molar-refractivity contribution is 0.0690. The van der Waals surface area contributed by atoms with E-state index in [9.17, 15) is 19.5 Å². The lowest BCUT2D eigenvalue weighted by atomic mass is 10.1. The first-order valence-electron chi connectivity index (χ1n) is 10.4. The summed E-state index contributed by atoms with van der Waals surface area (Å²) in [5.41, 5.74) is 0.968. The molecule has 0 aliphatic carbocycles. The van der Waals surface area contributed by atoms with E-state index in [-0.39, 0.29) is 29.5 Å². The van der Waals surface area contributed by atoms with Crippen molar-refractivity contribution >= 4 is 35.2 Å². The number of carboxylic acids is 1. The highest BCUT2D eigenvalue weighted by molar-refractivity contribution is 6.05. The van der Waals surface area contributed by atoms with Gasteiger partial charge in [-0.05, 0) is 37.1 Å². The lowest BCUT2D eigenvalue weighted by Gasteiger charge is -2.35. The zero-order valence-corrected chi connectivity index (χ0v) is 17.2. The highest BCUT2D eigenvalue weighted by Gasteiger charge is 2.40. The van der Waals surface area contributed by atoms with Crippen molar-refractivity contribution in [1.82, 2.24) is 15.3 Å². The quantitative estimate of drug-likeness (QED) is 0.650. The monoisotopic (exact) mass is 438 g/mol. The number of carboxylic acid groups (broad SMARTS) is 1. The molecule has 3 aliphatic heterocycles. The van der Waals surface area contributed by atoms with Gasteiger partial charge in [0.05, 0.1) is 24.4 Å². The maximum atomic E-state index is 13.2. The summed E-state index contributed by atoms with van der Waals surface area (Å²) in [6.45, 7) is 2.51. The van der Waals surface area contributed by atoms with Gasteiger partial charge in [0.25, 0.3) is 5.91 Å². The minimum atomic E-state index is -1.16. The number of carbonyl (C=O) groups is 3. The van der Waals surface area contributed by atoms with Crippen molar-refractivity contribution in [2.45, 2.75) is 24.9 Å². The number of aromatic carboxylic acids is 1. The number of hydrogen-bond donors (Lipinski definition) is 3. The highest BCUT2D eigenvalue weighted by atomic mass is 16.5. The van der Waals surface area contributed by atoms with Crippen LogP contribution < -0.4 is 20.4 Å². The van der Waals surface area contributed by atoms with E-state index in [1.165, 1.54) is 23.2 Å². The Hall–Kier alpha value is -3.73. The van der Waals surface area contributed by atoms with Crippen LogP contribution in [0.3, 0.4) is 0 Å². The van der Waals surface area contributed by atoms with Crippen molar-refractivity contribution in [1.29, 1.82) is 0 Å². The molecule has 5 rings (SSSR count). The summed E-state index contributed by atoms with van der Waals surface area (Å²) in [5, 5.41) is 15.0. The van der Waals surface area contributed by atoms with Gasteiger partial charge in [-0.25, -0.2) is 19.6 Å². The number of hydrogen-bond acceptors (Lipinski definition) is 7. The number of aromatic nitrogens is 2. The van der Waals surface area contributed by atoms with Crippen LogP contribution in [0, 0.1) is 0 Å². The van der Waals surface area contributed by atoms with E-state index in [2.05, 4.69) is 25.5 Å². The highest BCUT2D eigenvalue weighted by Crippen LogP contribution is 2.39. The molecule has 11 heteroatoms. The van der Waals surface area contributed by atoms with Crippen molar-refractivity contribution < 1.29 is 24.2 Å². The molecule has 11 nitrogen and oxygen atoms in total. The van der Waals surface area contributed by atoms with Gasteiger partial charge in [-0.1, -0.05) is 0 Å². The molecule has 2 aromatic rings. The molecule has 32 heavy (non-hydrogen) atoms. The number of urea groups is 1. The van der Waals surface area contributed by atoms with Gasteiger partial charge in [0.2, 0.25) is 0 Å².